The Morgan fingerprint density at radius 3 is 2.79 bits per heavy atom. The Balaban J connectivity index is 1.92. The van der Waals surface area contributed by atoms with Gasteiger partial charge in [-0.1, -0.05) is 33.6 Å². The Bertz CT molecular complexity index is 430. The topological polar surface area (TPSA) is 46.9 Å². The van der Waals surface area contributed by atoms with Crippen molar-refractivity contribution >= 4 is 23.5 Å². The number of nitrogens with one attached hydrogen (secondary N) is 1. The van der Waals surface area contributed by atoms with E-state index in [-0.39, 0.29) is 10.7 Å². The first-order valence-corrected chi connectivity index (χ1v) is 7.91. The van der Waals surface area contributed by atoms with Crippen LogP contribution in [0.1, 0.15) is 52.5 Å². The summed E-state index contributed by atoms with van der Waals surface area (Å²) in [7, 11) is 0. The lowest BCUT2D eigenvalue weighted by atomic mass is 10.2. The molecule has 0 unspecified atom stereocenters. The minimum absolute atomic E-state index is 0.0553. The molecule has 0 atom stereocenters. The third-order valence-electron chi connectivity index (χ3n) is 3.24. The first-order valence-electron chi connectivity index (χ1n) is 6.93. The molecule has 1 aliphatic rings. The second-order valence-electron chi connectivity index (χ2n) is 6.05. The maximum absolute atomic E-state index is 12.0. The molecule has 106 valence electrons. The van der Waals surface area contributed by atoms with Crippen molar-refractivity contribution in [3.05, 3.63) is 12.3 Å². The lowest BCUT2D eigenvalue weighted by Crippen LogP contribution is -2.21. The molecule has 0 spiro atoms. The van der Waals surface area contributed by atoms with Crippen molar-refractivity contribution in [3.63, 3.8) is 0 Å². The average Bonchev–Trinajstić information content (AvgIpc) is 2.94. The van der Waals surface area contributed by atoms with Gasteiger partial charge in [0.05, 0.1) is 18.0 Å². The molecule has 0 saturated heterocycles. The van der Waals surface area contributed by atoms with E-state index >= 15 is 0 Å². The molecule has 1 amide bonds. The first kappa shape index (κ1) is 14.4. The van der Waals surface area contributed by atoms with E-state index in [9.17, 15) is 4.79 Å². The third-order valence-corrected chi connectivity index (χ3v) is 4.52. The summed E-state index contributed by atoms with van der Waals surface area (Å²) in [5, 5.41) is 7.34. The zero-order valence-corrected chi connectivity index (χ0v) is 12.8. The highest BCUT2D eigenvalue weighted by molar-refractivity contribution is 8.01. The van der Waals surface area contributed by atoms with E-state index in [1.807, 2.05) is 10.7 Å². The van der Waals surface area contributed by atoms with E-state index in [1.165, 1.54) is 25.7 Å². The van der Waals surface area contributed by atoms with E-state index in [4.69, 9.17) is 0 Å². The van der Waals surface area contributed by atoms with Crippen LogP contribution in [0.25, 0.3) is 0 Å². The molecule has 19 heavy (non-hydrogen) atoms. The van der Waals surface area contributed by atoms with E-state index in [0.29, 0.717) is 11.8 Å². The number of carbonyl (C=O) groups is 1. The fourth-order valence-electron chi connectivity index (χ4n) is 2.31. The number of aromatic nitrogens is 2. The van der Waals surface area contributed by atoms with Gasteiger partial charge in [0.15, 0.2) is 0 Å². The highest BCUT2D eigenvalue weighted by Gasteiger charge is 2.21. The van der Waals surface area contributed by atoms with Gasteiger partial charge in [-0.3, -0.25) is 4.79 Å². The Morgan fingerprint density at radius 1 is 1.47 bits per heavy atom. The monoisotopic (exact) mass is 281 g/mol. The van der Waals surface area contributed by atoms with Gasteiger partial charge in [0, 0.05) is 10.8 Å². The van der Waals surface area contributed by atoms with Crippen molar-refractivity contribution < 1.29 is 4.79 Å². The minimum Gasteiger partial charge on any atom is -0.310 e. The maximum Gasteiger partial charge on any atom is 0.235 e. The number of anilines is 1. The predicted molar refractivity (Wildman–Crippen MR) is 80.6 cm³/mol. The maximum atomic E-state index is 12.0. The molecule has 0 radical (unpaired) electrons. The van der Waals surface area contributed by atoms with Crippen LogP contribution in [-0.4, -0.2) is 26.2 Å². The molecule has 1 aromatic heterocycles. The number of rotatable bonds is 4. The molecule has 0 aromatic carbocycles. The van der Waals surface area contributed by atoms with Crippen LogP contribution in [0.15, 0.2) is 12.3 Å². The molecular weight excluding hydrogens is 258 g/mol. The molecule has 1 N–H and O–H groups in total. The highest BCUT2D eigenvalue weighted by atomic mass is 32.2. The number of nitrogens with zero attached hydrogens (tertiary/aromatic N) is 2. The molecule has 1 aliphatic carbocycles. The Hall–Kier alpha value is -0.970. The van der Waals surface area contributed by atoms with E-state index in [0.717, 1.165) is 5.82 Å². The van der Waals surface area contributed by atoms with E-state index < -0.39 is 0 Å². The predicted octanol–water partition coefficient (Wildman–Crippen LogP) is 3.47. The van der Waals surface area contributed by atoms with Crippen LogP contribution >= 0.6 is 11.8 Å². The van der Waals surface area contributed by atoms with Crippen LogP contribution in [0.5, 0.6) is 0 Å². The van der Waals surface area contributed by atoms with Crippen molar-refractivity contribution in [2.75, 3.05) is 11.1 Å². The summed E-state index contributed by atoms with van der Waals surface area (Å²) in [6, 6.07) is 2.35. The number of hydrogen-bond donors (Lipinski definition) is 1. The van der Waals surface area contributed by atoms with E-state index in [1.54, 1.807) is 18.0 Å². The molecular formula is C14H23N3OS. The van der Waals surface area contributed by atoms with Gasteiger partial charge < -0.3 is 5.32 Å². The van der Waals surface area contributed by atoms with Crippen molar-refractivity contribution in [2.24, 2.45) is 0 Å². The Kier molecular flexibility index (Phi) is 4.55. The van der Waals surface area contributed by atoms with Crippen LogP contribution < -0.4 is 5.32 Å². The Morgan fingerprint density at radius 2 is 2.16 bits per heavy atom. The van der Waals surface area contributed by atoms with Gasteiger partial charge in [-0.2, -0.15) is 5.10 Å². The number of thioether (sulfide) groups is 1. The normalized spacial score (nSPS) is 16.8. The zero-order valence-electron chi connectivity index (χ0n) is 12.0. The summed E-state index contributed by atoms with van der Waals surface area (Å²) in [5.41, 5.74) is 0. The van der Waals surface area contributed by atoms with Gasteiger partial charge in [-0.15, -0.1) is 11.8 Å². The molecule has 1 heterocycles. The van der Waals surface area contributed by atoms with Crippen molar-refractivity contribution in [3.8, 4) is 0 Å². The first-order chi connectivity index (χ1) is 8.96. The summed E-state index contributed by atoms with van der Waals surface area (Å²) >= 11 is 1.66. The smallest absolute Gasteiger partial charge is 0.235 e. The van der Waals surface area contributed by atoms with Gasteiger partial charge >= 0.3 is 0 Å². The molecule has 0 aliphatic heterocycles. The number of amides is 1. The van der Waals surface area contributed by atoms with Gasteiger partial charge in [-0.05, 0) is 12.8 Å². The van der Waals surface area contributed by atoms with Crippen molar-refractivity contribution in [1.29, 1.82) is 0 Å². The average molecular weight is 281 g/mol. The summed E-state index contributed by atoms with van der Waals surface area (Å²) in [6.45, 7) is 6.36. The van der Waals surface area contributed by atoms with Crippen LogP contribution in [0.2, 0.25) is 0 Å². The highest BCUT2D eigenvalue weighted by Crippen LogP contribution is 2.31. The van der Waals surface area contributed by atoms with Crippen LogP contribution in [-0.2, 0) is 4.79 Å². The minimum atomic E-state index is 0.0553. The number of hydrogen-bond acceptors (Lipinski definition) is 3. The third kappa shape index (κ3) is 4.27. The van der Waals surface area contributed by atoms with Gasteiger partial charge in [0.25, 0.3) is 0 Å². The standard InChI is InChI=1S/C14H23N3OS/c1-14(2,3)19-10-13(18)16-12-8-9-15-17(12)11-6-4-5-7-11/h8-9,11H,4-7,10H2,1-3H3,(H,16,18). The van der Waals surface area contributed by atoms with Crippen molar-refractivity contribution in [2.45, 2.75) is 57.2 Å². The van der Waals surface area contributed by atoms with Gasteiger partial charge in [0.2, 0.25) is 5.91 Å². The zero-order chi connectivity index (χ0) is 13.9. The lowest BCUT2D eigenvalue weighted by Gasteiger charge is -2.18. The quantitative estimate of drug-likeness (QED) is 0.919. The molecule has 1 saturated carbocycles. The summed E-state index contributed by atoms with van der Waals surface area (Å²) in [5.74, 6) is 1.38. The molecule has 5 heteroatoms. The van der Waals surface area contributed by atoms with Gasteiger partial charge in [-0.25, -0.2) is 4.68 Å². The van der Waals surface area contributed by atoms with Gasteiger partial charge in [0.1, 0.15) is 5.82 Å². The fraction of sp³-hybridized carbons (Fsp3) is 0.714. The molecule has 2 rings (SSSR count). The Labute approximate surface area is 119 Å². The molecule has 1 aromatic rings. The fourth-order valence-corrected chi connectivity index (χ4v) is 2.95. The van der Waals surface area contributed by atoms with Crippen LogP contribution in [0.4, 0.5) is 5.82 Å². The largest absolute Gasteiger partial charge is 0.310 e. The summed E-state index contributed by atoms with van der Waals surface area (Å²) < 4.78 is 2.09. The van der Waals surface area contributed by atoms with Crippen LogP contribution in [0, 0.1) is 0 Å². The SMILES string of the molecule is CC(C)(C)SCC(=O)Nc1ccnn1C1CCCC1. The molecule has 4 nitrogen and oxygen atoms in total. The second kappa shape index (κ2) is 5.99. The second-order valence-corrected chi connectivity index (χ2v) is 7.85. The lowest BCUT2D eigenvalue weighted by molar-refractivity contribution is -0.113. The summed E-state index contributed by atoms with van der Waals surface area (Å²) in [6.07, 6.45) is 6.63. The molecule has 0 bridgehead atoms. The van der Waals surface area contributed by atoms with Crippen LogP contribution in [0.3, 0.4) is 0 Å². The molecule has 1 fully saturated rings. The van der Waals surface area contributed by atoms with E-state index in [2.05, 4.69) is 31.2 Å². The van der Waals surface area contributed by atoms with Crippen molar-refractivity contribution in [1.82, 2.24) is 9.78 Å². The number of carbonyl (C=O) groups excluding carboxylic acids is 1. The summed E-state index contributed by atoms with van der Waals surface area (Å²) in [4.78, 5) is 12.0.